The zero-order valence-corrected chi connectivity index (χ0v) is 6.33. The van der Waals surface area contributed by atoms with E-state index < -0.39 is 0 Å². The largest absolute Gasteiger partial charge is 0.262 e. The summed E-state index contributed by atoms with van der Waals surface area (Å²) < 4.78 is 0. The first kappa shape index (κ1) is 7.00. The van der Waals surface area contributed by atoms with Gasteiger partial charge in [-0.1, -0.05) is 17.7 Å². The van der Waals surface area contributed by atoms with Crippen LogP contribution < -0.4 is 0 Å². The van der Waals surface area contributed by atoms with Gasteiger partial charge >= 0.3 is 0 Å². The topological polar surface area (TPSA) is 12.4 Å². The van der Waals surface area contributed by atoms with Crippen molar-refractivity contribution in [1.29, 1.82) is 0 Å². The first-order chi connectivity index (χ1) is 4.83. The summed E-state index contributed by atoms with van der Waals surface area (Å²) >= 11 is 0. The molecule has 0 amide bonds. The standard InChI is InChI=1S/C9H11N/c1-3-10-9-6-4-8(2)5-7-9/h3-7H,1-2H3/b10-3-. The normalized spacial score (nSPS) is 10.6. The number of hydrogen-bond donors (Lipinski definition) is 0. The molecule has 1 nitrogen and oxygen atoms in total. The van der Waals surface area contributed by atoms with Gasteiger partial charge in [0.25, 0.3) is 0 Å². The fourth-order valence-electron chi connectivity index (χ4n) is 0.780. The maximum Gasteiger partial charge on any atom is 0.0625 e. The van der Waals surface area contributed by atoms with Gasteiger partial charge in [0, 0.05) is 6.21 Å². The smallest absolute Gasteiger partial charge is 0.0625 e. The van der Waals surface area contributed by atoms with Gasteiger partial charge in [0.05, 0.1) is 5.69 Å². The summed E-state index contributed by atoms with van der Waals surface area (Å²) in [6.07, 6.45) is 1.80. The van der Waals surface area contributed by atoms with E-state index in [1.54, 1.807) is 6.21 Å². The Morgan fingerprint density at radius 2 is 1.80 bits per heavy atom. The second-order valence-corrected chi connectivity index (χ2v) is 2.22. The number of nitrogens with zero attached hydrogens (tertiary/aromatic N) is 1. The fourth-order valence-corrected chi connectivity index (χ4v) is 0.780. The van der Waals surface area contributed by atoms with Crippen molar-refractivity contribution in [3.8, 4) is 0 Å². The average molecular weight is 133 g/mol. The van der Waals surface area contributed by atoms with E-state index in [2.05, 4.69) is 24.0 Å². The number of hydrogen-bond acceptors (Lipinski definition) is 1. The van der Waals surface area contributed by atoms with Gasteiger partial charge in [-0.25, -0.2) is 0 Å². The van der Waals surface area contributed by atoms with Crippen molar-refractivity contribution < 1.29 is 0 Å². The van der Waals surface area contributed by atoms with Crippen molar-refractivity contribution in [1.82, 2.24) is 0 Å². The summed E-state index contributed by atoms with van der Waals surface area (Å²) in [4.78, 5) is 4.12. The molecule has 0 aliphatic heterocycles. The van der Waals surface area contributed by atoms with Gasteiger partial charge < -0.3 is 0 Å². The molecule has 0 spiro atoms. The third-order valence-electron chi connectivity index (χ3n) is 1.31. The lowest BCUT2D eigenvalue weighted by Gasteiger charge is -1.92. The molecule has 0 radical (unpaired) electrons. The summed E-state index contributed by atoms with van der Waals surface area (Å²) in [6.45, 7) is 3.99. The highest BCUT2D eigenvalue weighted by Crippen LogP contribution is 2.10. The van der Waals surface area contributed by atoms with Gasteiger partial charge in [-0.2, -0.15) is 0 Å². The molecule has 0 aromatic heterocycles. The van der Waals surface area contributed by atoms with Crippen molar-refractivity contribution in [2.75, 3.05) is 0 Å². The maximum absolute atomic E-state index is 4.12. The van der Waals surface area contributed by atoms with E-state index in [0.29, 0.717) is 0 Å². The number of aliphatic imine (C=N–C) groups is 1. The van der Waals surface area contributed by atoms with E-state index in [1.165, 1.54) is 5.56 Å². The minimum absolute atomic E-state index is 1.02. The predicted molar refractivity (Wildman–Crippen MR) is 45.0 cm³/mol. The van der Waals surface area contributed by atoms with Crippen LogP contribution in [-0.2, 0) is 0 Å². The van der Waals surface area contributed by atoms with Gasteiger partial charge in [0.15, 0.2) is 0 Å². The summed E-state index contributed by atoms with van der Waals surface area (Å²) in [5, 5.41) is 0. The number of benzene rings is 1. The third kappa shape index (κ3) is 1.69. The van der Waals surface area contributed by atoms with Crippen LogP contribution in [0.2, 0.25) is 0 Å². The van der Waals surface area contributed by atoms with Crippen LogP contribution >= 0.6 is 0 Å². The molecular formula is C9H11N. The number of rotatable bonds is 1. The predicted octanol–water partition coefficient (Wildman–Crippen LogP) is 2.72. The molecule has 0 N–H and O–H groups in total. The second kappa shape index (κ2) is 3.16. The van der Waals surface area contributed by atoms with Crippen molar-refractivity contribution >= 4 is 11.9 Å². The Morgan fingerprint density at radius 1 is 1.20 bits per heavy atom. The zero-order valence-electron chi connectivity index (χ0n) is 6.33. The fraction of sp³-hybridized carbons (Fsp3) is 0.222. The van der Waals surface area contributed by atoms with E-state index in [4.69, 9.17) is 0 Å². The maximum atomic E-state index is 4.12. The van der Waals surface area contributed by atoms with Gasteiger partial charge in [0.1, 0.15) is 0 Å². The highest BCUT2D eigenvalue weighted by atomic mass is 14.7. The first-order valence-corrected chi connectivity index (χ1v) is 3.38. The third-order valence-corrected chi connectivity index (χ3v) is 1.31. The molecule has 0 aliphatic rings. The molecule has 0 heterocycles. The molecule has 1 aromatic carbocycles. The highest BCUT2D eigenvalue weighted by Gasteiger charge is 1.84. The van der Waals surface area contributed by atoms with Crippen molar-refractivity contribution in [2.45, 2.75) is 13.8 Å². The molecule has 1 rings (SSSR count). The van der Waals surface area contributed by atoms with Gasteiger partial charge in [-0.15, -0.1) is 0 Å². The van der Waals surface area contributed by atoms with E-state index in [1.807, 2.05) is 19.1 Å². The van der Waals surface area contributed by atoms with Gasteiger partial charge in [0.2, 0.25) is 0 Å². The van der Waals surface area contributed by atoms with E-state index in [0.717, 1.165) is 5.69 Å². The molecular weight excluding hydrogens is 122 g/mol. The Kier molecular flexibility index (Phi) is 2.21. The van der Waals surface area contributed by atoms with E-state index >= 15 is 0 Å². The summed E-state index contributed by atoms with van der Waals surface area (Å²) in [5.41, 5.74) is 2.29. The Balaban J connectivity index is 2.89. The molecule has 1 heteroatoms. The van der Waals surface area contributed by atoms with Crippen LogP contribution in [0.1, 0.15) is 12.5 Å². The van der Waals surface area contributed by atoms with Crippen LogP contribution in [0.5, 0.6) is 0 Å². The highest BCUT2D eigenvalue weighted by molar-refractivity contribution is 5.60. The molecule has 10 heavy (non-hydrogen) atoms. The second-order valence-electron chi connectivity index (χ2n) is 2.22. The van der Waals surface area contributed by atoms with Crippen molar-refractivity contribution in [3.05, 3.63) is 29.8 Å². The quantitative estimate of drug-likeness (QED) is 0.522. The minimum atomic E-state index is 1.02. The van der Waals surface area contributed by atoms with Crippen LogP contribution in [0, 0.1) is 6.92 Å². The van der Waals surface area contributed by atoms with Crippen LogP contribution in [0.15, 0.2) is 29.3 Å². The summed E-state index contributed by atoms with van der Waals surface area (Å²) in [5.74, 6) is 0. The lowest BCUT2D eigenvalue weighted by molar-refractivity contribution is 1.44. The van der Waals surface area contributed by atoms with E-state index in [-0.39, 0.29) is 0 Å². The molecule has 52 valence electrons. The lowest BCUT2D eigenvalue weighted by Crippen LogP contribution is -1.68. The van der Waals surface area contributed by atoms with Crippen molar-refractivity contribution in [3.63, 3.8) is 0 Å². The molecule has 0 saturated heterocycles. The first-order valence-electron chi connectivity index (χ1n) is 3.38. The minimum Gasteiger partial charge on any atom is -0.262 e. The molecule has 0 aliphatic carbocycles. The molecule has 1 aromatic rings. The average Bonchev–Trinajstić information content (AvgIpc) is 1.95. The summed E-state index contributed by atoms with van der Waals surface area (Å²) in [6, 6.07) is 8.13. The van der Waals surface area contributed by atoms with Crippen LogP contribution in [0.25, 0.3) is 0 Å². The van der Waals surface area contributed by atoms with Crippen LogP contribution in [0.3, 0.4) is 0 Å². The summed E-state index contributed by atoms with van der Waals surface area (Å²) in [7, 11) is 0. The molecule has 0 fully saturated rings. The molecule has 0 bridgehead atoms. The molecule has 0 unspecified atom stereocenters. The number of aryl methyl sites for hydroxylation is 1. The Morgan fingerprint density at radius 3 is 2.30 bits per heavy atom. The Bertz CT molecular complexity index is 221. The lowest BCUT2D eigenvalue weighted by atomic mass is 10.2. The van der Waals surface area contributed by atoms with Gasteiger partial charge in [-0.05, 0) is 26.0 Å². The van der Waals surface area contributed by atoms with E-state index in [9.17, 15) is 0 Å². The van der Waals surface area contributed by atoms with Crippen LogP contribution in [-0.4, -0.2) is 6.21 Å². The zero-order chi connectivity index (χ0) is 7.40. The Labute approximate surface area is 61.4 Å². The SMILES string of the molecule is C/C=N\c1ccc(C)cc1. The van der Waals surface area contributed by atoms with Gasteiger partial charge in [-0.3, -0.25) is 4.99 Å². The van der Waals surface area contributed by atoms with Crippen LogP contribution in [0.4, 0.5) is 5.69 Å². The molecule has 0 saturated carbocycles. The molecule has 0 atom stereocenters. The monoisotopic (exact) mass is 133 g/mol. The van der Waals surface area contributed by atoms with Crippen molar-refractivity contribution in [2.24, 2.45) is 4.99 Å². The Hall–Kier alpha value is -1.11.